The molecule has 244 valence electrons. The van der Waals surface area contributed by atoms with Crippen molar-refractivity contribution in [1.29, 1.82) is 0 Å². The molecule has 1 heteroatoms. The Morgan fingerprint density at radius 2 is 0.731 bits per heavy atom. The van der Waals surface area contributed by atoms with Crippen molar-refractivity contribution < 1.29 is 0 Å². The Morgan fingerprint density at radius 1 is 0.288 bits per heavy atom. The Morgan fingerprint density at radius 3 is 1.31 bits per heavy atom. The van der Waals surface area contributed by atoms with E-state index in [9.17, 15) is 0 Å². The summed E-state index contributed by atoms with van der Waals surface area (Å²) in [7, 11) is 0. The molecule has 0 heterocycles. The first kappa shape index (κ1) is 30.2. The van der Waals surface area contributed by atoms with E-state index in [1.807, 2.05) is 0 Å². The molecule has 9 aromatic carbocycles. The fraction of sp³-hybridized carbons (Fsp3) is 0.0196. The number of anilines is 3. The van der Waals surface area contributed by atoms with Crippen LogP contribution in [0.25, 0.3) is 77.2 Å². The highest BCUT2D eigenvalue weighted by molar-refractivity contribution is 6.28. The number of hydrogen-bond donors (Lipinski definition) is 0. The summed E-state index contributed by atoms with van der Waals surface area (Å²) in [5.41, 5.74) is 17.5. The van der Waals surface area contributed by atoms with E-state index in [0.717, 1.165) is 17.1 Å². The topological polar surface area (TPSA) is 3.24 Å². The molecule has 0 spiro atoms. The van der Waals surface area contributed by atoms with Gasteiger partial charge in [-0.05, 0) is 121 Å². The predicted molar refractivity (Wildman–Crippen MR) is 222 cm³/mol. The number of hydrogen-bond acceptors (Lipinski definition) is 1. The van der Waals surface area contributed by atoms with Gasteiger partial charge in [-0.25, -0.2) is 0 Å². The van der Waals surface area contributed by atoms with Crippen LogP contribution in [0, 0.1) is 6.92 Å². The molecule has 9 aromatic rings. The third kappa shape index (κ3) is 4.78. The molecule has 0 unspecified atom stereocenters. The van der Waals surface area contributed by atoms with E-state index in [4.69, 9.17) is 0 Å². The number of fused-ring (bicyclic) bond motifs is 4. The molecular formula is C51H35N. The molecule has 0 saturated carbocycles. The highest BCUT2D eigenvalue weighted by atomic mass is 15.1. The number of nitrogens with zero attached hydrogens (tertiary/aromatic N) is 1. The quantitative estimate of drug-likeness (QED) is 0.171. The van der Waals surface area contributed by atoms with Crippen molar-refractivity contribution in [3.05, 3.63) is 200 Å². The van der Waals surface area contributed by atoms with E-state index in [1.165, 1.54) is 82.7 Å². The first-order valence-electron chi connectivity index (χ1n) is 18.0. The standard InChI is InChI=1S/C51H35N/c1-34-24-28-39(29-25-34)52(38-18-9-4-10-19-38)40-30-26-35(27-31-40)41-32-33-46-49-42(41)22-13-23-45(49)50-47(36-14-5-2-6-15-36)43-20-11-12-21-44(43)48(51(46)50)37-16-7-3-8-17-37/h2-33H,1H3. The summed E-state index contributed by atoms with van der Waals surface area (Å²) in [4.78, 5) is 2.33. The van der Waals surface area contributed by atoms with Gasteiger partial charge in [-0.1, -0.05) is 163 Å². The maximum Gasteiger partial charge on any atom is 0.0462 e. The third-order valence-corrected chi connectivity index (χ3v) is 10.7. The van der Waals surface area contributed by atoms with Crippen molar-refractivity contribution in [1.82, 2.24) is 0 Å². The van der Waals surface area contributed by atoms with Crippen LogP contribution in [0.3, 0.4) is 0 Å². The first-order valence-corrected chi connectivity index (χ1v) is 18.0. The van der Waals surface area contributed by atoms with Crippen molar-refractivity contribution in [2.75, 3.05) is 4.90 Å². The number of rotatable bonds is 6. The molecule has 0 radical (unpaired) electrons. The second-order valence-electron chi connectivity index (χ2n) is 13.7. The van der Waals surface area contributed by atoms with Gasteiger partial charge in [0.2, 0.25) is 0 Å². The molecule has 1 aliphatic rings. The van der Waals surface area contributed by atoms with Crippen LogP contribution in [0.15, 0.2) is 194 Å². The smallest absolute Gasteiger partial charge is 0.0462 e. The maximum absolute atomic E-state index is 2.37. The Balaban J connectivity index is 1.18. The summed E-state index contributed by atoms with van der Waals surface area (Å²) in [5.74, 6) is 0. The molecule has 0 amide bonds. The van der Waals surface area contributed by atoms with Gasteiger partial charge in [0.1, 0.15) is 0 Å². The molecule has 10 rings (SSSR count). The molecule has 52 heavy (non-hydrogen) atoms. The summed E-state index contributed by atoms with van der Waals surface area (Å²) in [6.07, 6.45) is 0. The SMILES string of the molecule is Cc1ccc(N(c2ccccc2)c2ccc(-c3ccc4c5c(cccc35)-c3c-4c(-c4ccccc4)c4ccccc4c3-c3ccccc3)cc2)cc1. The second kappa shape index (κ2) is 12.3. The van der Waals surface area contributed by atoms with Gasteiger partial charge in [0, 0.05) is 17.1 Å². The van der Waals surface area contributed by atoms with Crippen LogP contribution in [0.4, 0.5) is 17.1 Å². The van der Waals surface area contributed by atoms with Crippen LogP contribution >= 0.6 is 0 Å². The first-order chi connectivity index (χ1) is 25.7. The molecule has 0 aliphatic heterocycles. The maximum atomic E-state index is 2.37. The van der Waals surface area contributed by atoms with Crippen molar-refractivity contribution in [2.45, 2.75) is 6.92 Å². The molecule has 0 saturated heterocycles. The highest BCUT2D eigenvalue weighted by Gasteiger charge is 2.31. The van der Waals surface area contributed by atoms with Crippen molar-refractivity contribution >= 4 is 38.6 Å². The fourth-order valence-corrected chi connectivity index (χ4v) is 8.37. The predicted octanol–water partition coefficient (Wildman–Crippen LogP) is 14.4. The van der Waals surface area contributed by atoms with Crippen LogP contribution < -0.4 is 4.90 Å². The zero-order valence-electron chi connectivity index (χ0n) is 28.9. The Bertz CT molecular complexity index is 2650. The van der Waals surface area contributed by atoms with E-state index in [-0.39, 0.29) is 0 Å². The van der Waals surface area contributed by atoms with Crippen LogP contribution in [-0.2, 0) is 0 Å². The lowest BCUT2D eigenvalue weighted by molar-refractivity contribution is 1.28. The molecular weight excluding hydrogens is 627 g/mol. The molecule has 0 N–H and O–H groups in total. The van der Waals surface area contributed by atoms with E-state index in [1.54, 1.807) is 0 Å². The van der Waals surface area contributed by atoms with Crippen LogP contribution in [0.1, 0.15) is 5.56 Å². The van der Waals surface area contributed by atoms with Crippen molar-refractivity contribution in [2.24, 2.45) is 0 Å². The van der Waals surface area contributed by atoms with Crippen LogP contribution in [-0.4, -0.2) is 0 Å². The molecule has 1 nitrogen and oxygen atoms in total. The largest absolute Gasteiger partial charge is 0.311 e. The molecule has 0 atom stereocenters. The van der Waals surface area contributed by atoms with Crippen molar-refractivity contribution in [3.8, 4) is 55.6 Å². The monoisotopic (exact) mass is 661 g/mol. The number of aryl methyl sites for hydroxylation is 1. The van der Waals surface area contributed by atoms with E-state index < -0.39 is 0 Å². The van der Waals surface area contributed by atoms with Gasteiger partial charge in [-0.3, -0.25) is 0 Å². The minimum absolute atomic E-state index is 1.13. The van der Waals surface area contributed by atoms with Crippen LogP contribution in [0.2, 0.25) is 0 Å². The second-order valence-corrected chi connectivity index (χ2v) is 13.7. The lowest BCUT2D eigenvalue weighted by Gasteiger charge is -2.25. The number of para-hydroxylation sites is 1. The Labute approximate surface area is 304 Å². The van der Waals surface area contributed by atoms with Gasteiger partial charge in [0.25, 0.3) is 0 Å². The average molecular weight is 662 g/mol. The summed E-state index contributed by atoms with van der Waals surface area (Å²) < 4.78 is 0. The summed E-state index contributed by atoms with van der Waals surface area (Å²) in [6, 6.07) is 70.9. The number of benzene rings is 9. The van der Waals surface area contributed by atoms with Gasteiger partial charge in [0.15, 0.2) is 0 Å². The normalized spacial score (nSPS) is 11.6. The minimum atomic E-state index is 1.13. The van der Waals surface area contributed by atoms with Gasteiger partial charge in [-0.15, -0.1) is 0 Å². The third-order valence-electron chi connectivity index (χ3n) is 10.7. The van der Waals surface area contributed by atoms with E-state index in [2.05, 4.69) is 206 Å². The summed E-state index contributed by atoms with van der Waals surface area (Å²) >= 11 is 0. The molecule has 0 bridgehead atoms. The minimum Gasteiger partial charge on any atom is -0.311 e. The van der Waals surface area contributed by atoms with E-state index in [0.29, 0.717) is 0 Å². The average Bonchev–Trinajstić information content (AvgIpc) is 3.54. The molecule has 1 aliphatic carbocycles. The van der Waals surface area contributed by atoms with Gasteiger partial charge >= 0.3 is 0 Å². The van der Waals surface area contributed by atoms with Crippen molar-refractivity contribution in [3.63, 3.8) is 0 Å². The van der Waals surface area contributed by atoms with Gasteiger partial charge in [0.05, 0.1) is 0 Å². The summed E-state index contributed by atoms with van der Waals surface area (Å²) in [6.45, 7) is 2.13. The Kier molecular flexibility index (Phi) is 7.11. The molecule has 0 fully saturated rings. The highest BCUT2D eigenvalue weighted by Crippen LogP contribution is 2.58. The van der Waals surface area contributed by atoms with E-state index >= 15 is 0 Å². The Hall–Kier alpha value is -6.70. The summed E-state index contributed by atoms with van der Waals surface area (Å²) in [5, 5.41) is 5.17. The lowest BCUT2D eigenvalue weighted by atomic mass is 9.82. The molecule has 0 aromatic heterocycles. The van der Waals surface area contributed by atoms with Gasteiger partial charge < -0.3 is 4.90 Å². The van der Waals surface area contributed by atoms with Crippen LogP contribution in [0.5, 0.6) is 0 Å². The zero-order valence-corrected chi connectivity index (χ0v) is 28.9. The van der Waals surface area contributed by atoms with Gasteiger partial charge in [-0.2, -0.15) is 0 Å². The lowest BCUT2D eigenvalue weighted by Crippen LogP contribution is -2.09. The zero-order chi connectivity index (χ0) is 34.6. The fourth-order valence-electron chi connectivity index (χ4n) is 8.37.